The summed E-state index contributed by atoms with van der Waals surface area (Å²) in [5.41, 5.74) is 0.500. The molecule has 2 heteroatoms. The molecule has 0 saturated carbocycles. The molecule has 2 nitrogen and oxygen atoms in total. The molecule has 0 bridgehead atoms. The van der Waals surface area contributed by atoms with Crippen LogP contribution in [0.4, 0.5) is 0 Å². The number of carbonyl (C=O) groups excluding carboxylic acids is 1. The molecule has 0 aromatic rings. The Labute approximate surface area is 266 Å². The number of carbonyl (C=O) groups is 1. The van der Waals surface area contributed by atoms with E-state index in [0.29, 0.717) is 12.2 Å². The Bertz CT molecular complexity index is 554. The Morgan fingerprint density at radius 1 is 0.452 bits per heavy atom. The lowest BCUT2D eigenvalue weighted by Gasteiger charge is -2.17. The first-order valence-electron chi connectivity index (χ1n) is 19.4. The number of hydrogen-bond donors (Lipinski definition) is 0. The van der Waals surface area contributed by atoms with Crippen molar-refractivity contribution in [3.63, 3.8) is 0 Å². The predicted octanol–water partition coefficient (Wildman–Crippen LogP) is 14.2. The minimum atomic E-state index is -0.245. The molecule has 0 aliphatic carbocycles. The molecule has 0 amide bonds. The number of rotatable bonds is 35. The van der Waals surface area contributed by atoms with Gasteiger partial charge in [0.2, 0.25) is 0 Å². The Kier molecular flexibility index (Phi) is 34.0. The van der Waals surface area contributed by atoms with E-state index < -0.39 is 0 Å². The second kappa shape index (κ2) is 34.7. The van der Waals surface area contributed by atoms with Crippen molar-refractivity contribution < 1.29 is 9.53 Å². The zero-order valence-electron chi connectivity index (χ0n) is 29.4. The van der Waals surface area contributed by atoms with Crippen LogP contribution in [0.25, 0.3) is 0 Å². The molecule has 0 aromatic heterocycles. The second-order valence-corrected chi connectivity index (χ2v) is 13.7. The zero-order chi connectivity index (χ0) is 30.8. The molecule has 0 aliphatic rings. The maximum Gasteiger partial charge on any atom is 0.333 e. The van der Waals surface area contributed by atoms with Crippen molar-refractivity contribution in [3.8, 4) is 0 Å². The molecular formula is C40H78O2. The number of hydrogen-bond acceptors (Lipinski definition) is 2. The molecule has 0 spiro atoms. The number of ether oxygens (including phenoxy) is 1. The third-order valence-corrected chi connectivity index (χ3v) is 9.27. The summed E-state index contributed by atoms with van der Waals surface area (Å²) < 4.78 is 5.20. The maximum absolute atomic E-state index is 11.4. The normalized spacial score (nSPS) is 12.1. The molecule has 0 rings (SSSR count). The summed E-state index contributed by atoms with van der Waals surface area (Å²) in [5, 5.41) is 0. The summed E-state index contributed by atoms with van der Waals surface area (Å²) in [5.74, 6) is 0.732. The van der Waals surface area contributed by atoms with Crippen LogP contribution in [0.2, 0.25) is 0 Å². The molecule has 0 heterocycles. The van der Waals surface area contributed by atoms with E-state index in [2.05, 4.69) is 20.4 Å². The summed E-state index contributed by atoms with van der Waals surface area (Å²) >= 11 is 0. The van der Waals surface area contributed by atoms with E-state index in [-0.39, 0.29) is 5.97 Å². The molecule has 0 radical (unpaired) electrons. The van der Waals surface area contributed by atoms with Crippen molar-refractivity contribution >= 4 is 5.97 Å². The summed E-state index contributed by atoms with van der Waals surface area (Å²) in [6.07, 6.45) is 45.3. The van der Waals surface area contributed by atoms with Gasteiger partial charge in [-0.1, -0.05) is 219 Å². The average Bonchev–Trinajstić information content (AvgIpc) is 2.98. The minimum absolute atomic E-state index is 0.245. The van der Waals surface area contributed by atoms with E-state index in [4.69, 9.17) is 4.74 Å². The first kappa shape index (κ1) is 41.2. The maximum atomic E-state index is 11.4. The van der Waals surface area contributed by atoms with Crippen LogP contribution in [0.3, 0.4) is 0 Å². The largest absolute Gasteiger partial charge is 0.462 e. The lowest BCUT2D eigenvalue weighted by Crippen LogP contribution is -2.05. The fourth-order valence-electron chi connectivity index (χ4n) is 6.33. The highest BCUT2D eigenvalue weighted by Crippen LogP contribution is 2.25. The van der Waals surface area contributed by atoms with Gasteiger partial charge in [0.25, 0.3) is 0 Å². The van der Waals surface area contributed by atoms with Crippen LogP contribution in [0.15, 0.2) is 12.2 Å². The van der Waals surface area contributed by atoms with Crippen molar-refractivity contribution in [3.05, 3.63) is 12.2 Å². The topological polar surface area (TPSA) is 26.3 Å². The van der Waals surface area contributed by atoms with Gasteiger partial charge in [0.1, 0.15) is 0 Å². The Hall–Kier alpha value is -0.790. The van der Waals surface area contributed by atoms with E-state index >= 15 is 0 Å². The Balaban J connectivity index is 3.89. The standard InChI is InChI=1S/C40H78O2/c1-5-7-9-11-13-15-16-17-18-19-20-23-27-31-35-39(34-30-26-22-14-12-10-8-6-2)36-32-28-24-21-25-29-33-37-42-40(41)38(3)4/h39H,3,5-37H2,1-2,4H3. The highest BCUT2D eigenvalue weighted by atomic mass is 16.5. The second-order valence-electron chi connectivity index (χ2n) is 13.7. The van der Waals surface area contributed by atoms with Gasteiger partial charge in [0.05, 0.1) is 6.61 Å². The van der Waals surface area contributed by atoms with E-state index in [0.717, 1.165) is 12.3 Å². The molecule has 0 aliphatic heterocycles. The Morgan fingerprint density at radius 2 is 0.714 bits per heavy atom. The van der Waals surface area contributed by atoms with Crippen LogP contribution in [-0.2, 0) is 9.53 Å². The smallest absolute Gasteiger partial charge is 0.333 e. The highest BCUT2D eigenvalue weighted by Gasteiger charge is 2.09. The van der Waals surface area contributed by atoms with Crippen LogP contribution < -0.4 is 0 Å². The molecule has 1 atom stereocenters. The van der Waals surface area contributed by atoms with Crippen LogP contribution >= 0.6 is 0 Å². The number of unbranched alkanes of at least 4 members (excludes halogenated alkanes) is 26. The van der Waals surface area contributed by atoms with Gasteiger partial charge in [0.15, 0.2) is 0 Å². The quantitative estimate of drug-likeness (QED) is 0.0417. The number of esters is 1. The van der Waals surface area contributed by atoms with E-state index in [9.17, 15) is 4.79 Å². The SMILES string of the molecule is C=C(C)C(=O)OCCCCCCCCCC(CCCCCCCCCC)CCCCCCCCCCCCCCCC. The van der Waals surface area contributed by atoms with Crippen molar-refractivity contribution in [2.75, 3.05) is 6.61 Å². The van der Waals surface area contributed by atoms with Gasteiger partial charge >= 0.3 is 5.97 Å². The lowest BCUT2D eigenvalue weighted by atomic mass is 9.89. The van der Waals surface area contributed by atoms with E-state index in [1.54, 1.807) is 6.92 Å². The predicted molar refractivity (Wildman–Crippen MR) is 188 cm³/mol. The molecule has 0 fully saturated rings. The van der Waals surface area contributed by atoms with Gasteiger partial charge in [-0.3, -0.25) is 0 Å². The van der Waals surface area contributed by atoms with Gasteiger partial charge in [-0.05, 0) is 19.3 Å². The van der Waals surface area contributed by atoms with Gasteiger partial charge in [-0.2, -0.15) is 0 Å². The van der Waals surface area contributed by atoms with Crippen LogP contribution in [0.1, 0.15) is 226 Å². The van der Waals surface area contributed by atoms with E-state index in [1.807, 2.05) is 0 Å². The Morgan fingerprint density at radius 3 is 1.00 bits per heavy atom. The van der Waals surface area contributed by atoms with Crippen molar-refractivity contribution in [2.24, 2.45) is 5.92 Å². The van der Waals surface area contributed by atoms with Gasteiger partial charge in [-0.15, -0.1) is 0 Å². The first-order chi connectivity index (χ1) is 20.6. The highest BCUT2D eigenvalue weighted by molar-refractivity contribution is 5.86. The molecule has 0 aromatic carbocycles. The summed E-state index contributed by atoms with van der Waals surface area (Å²) in [7, 11) is 0. The third-order valence-electron chi connectivity index (χ3n) is 9.27. The monoisotopic (exact) mass is 591 g/mol. The molecule has 0 saturated heterocycles. The van der Waals surface area contributed by atoms with Gasteiger partial charge < -0.3 is 4.74 Å². The molecule has 0 N–H and O–H groups in total. The van der Waals surface area contributed by atoms with Crippen LogP contribution in [0, 0.1) is 5.92 Å². The molecular weight excluding hydrogens is 512 g/mol. The van der Waals surface area contributed by atoms with Crippen LogP contribution in [-0.4, -0.2) is 12.6 Å². The first-order valence-corrected chi connectivity index (χ1v) is 19.4. The minimum Gasteiger partial charge on any atom is -0.462 e. The summed E-state index contributed by atoms with van der Waals surface area (Å²) in [4.78, 5) is 11.4. The van der Waals surface area contributed by atoms with Crippen LogP contribution in [0.5, 0.6) is 0 Å². The van der Waals surface area contributed by atoms with Gasteiger partial charge in [0, 0.05) is 5.57 Å². The summed E-state index contributed by atoms with van der Waals surface area (Å²) in [6, 6.07) is 0. The van der Waals surface area contributed by atoms with Crippen molar-refractivity contribution in [1.82, 2.24) is 0 Å². The summed E-state index contributed by atoms with van der Waals surface area (Å²) in [6.45, 7) is 10.5. The van der Waals surface area contributed by atoms with Crippen molar-refractivity contribution in [2.45, 2.75) is 226 Å². The molecule has 1 unspecified atom stereocenters. The third kappa shape index (κ3) is 32.1. The van der Waals surface area contributed by atoms with E-state index in [1.165, 1.54) is 199 Å². The fraction of sp³-hybridized carbons (Fsp3) is 0.925. The van der Waals surface area contributed by atoms with Gasteiger partial charge in [-0.25, -0.2) is 4.79 Å². The molecule has 250 valence electrons. The lowest BCUT2D eigenvalue weighted by molar-refractivity contribution is -0.139. The fourth-order valence-corrected chi connectivity index (χ4v) is 6.33. The average molecular weight is 591 g/mol. The van der Waals surface area contributed by atoms with Crippen molar-refractivity contribution in [1.29, 1.82) is 0 Å². The zero-order valence-corrected chi connectivity index (χ0v) is 29.4. The molecule has 42 heavy (non-hydrogen) atoms.